The van der Waals surface area contributed by atoms with Crippen molar-refractivity contribution in [1.29, 1.82) is 0 Å². The predicted octanol–water partition coefficient (Wildman–Crippen LogP) is 2.60. The number of thiophene rings is 1. The molecule has 1 N–H and O–H groups in total. The van der Waals surface area contributed by atoms with Crippen molar-refractivity contribution >= 4 is 27.9 Å². The molecule has 3 heterocycles. The third kappa shape index (κ3) is 3.16. The molecule has 1 aromatic carbocycles. The maximum atomic E-state index is 12.9. The molecule has 0 radical (unpaired) electrons. The molecule has 0 bridgehead atoms. The fourth-order valence-electron chi connectivity index (χ4n) is 3.07. The fraction of sp³-hybridized carbons (Fsp3) is 0.263. The van der Waals surface area contributed by atoms with Crippen LogP contribution in [0.1, 0.15) is 10.6 Å². The van der Waals surface area contributed by atoms with Gasteiger partial charge in [-0.3, -0.25) is 9.36 Å². The Kier molecular flexibility index (Phi) is 4.58. The van der Waals surface area contributed by atoms with Gasteiger partial charge < -0.3 is 9.84 Å². The number of aliphatic hydroxyl groups is 1. The number of aromatic nitrogens is 3. The summed E-state index contributed by atoms with van der Waals surface area (Å²) in [6.07, 6.45) is -0.784. The molecule has 1 atom stereocenters. The summed E-state index contributed by atoms with van der Waals surface area (Å²) in [5.41, 5.74) is 2.12. The van der Waals surface area contributed by atoms with E-state index in [4.69, 9.17) is 4.74 Å². The lowest BCUT2D eigenvalue weighted by Gasteiger charge is -2.15. The van der Waals surface area contributed by atoms with Gasteiger partial charge in [0.2, 0.25) is 0 Å². The first-order valence-corrected chi connectivity index (χ1v) is 9.27. The smallest absolute Gasteiger partial charge is 0.261 e. The first-order chi connectivity index (χ1) is 12.6. The number of nitrogens with zero attached hydrogens (tertiary/aromatic N) is 3. The van der Waals surface area contributed by atoms with E-state index in [0.717, 1.165) is 16.1 Å². The lowest BCUT2D eigenvalue weighted by Crippen LogP contribution is -2.30. The van der Waals surface area contributed by atoms with E-state index in [0.29, 0.717) is 17.6 Å². The highest BCUT2D eigenvalue weighted by Crippen LogP contribution is 2.15. The average molecular weight is 369 g/mol. The van der Waals surface area contributed by atoms with Gasteiger partial charge in [-0.05, 0) is 30.5 Å². The first-order valence-electron chi connectivity index (χ1n) is 8.39. The van der Waals surface area contributed by atoms with Crippen molar-refractivity contribution in [2.45, 2.75) is 26.2 Å². The van der Waals surface area contributed by atoms with Crippen molar-refractivity contribution in [3.8, 4) is 0 Å². The normalized spacial score (nSPS) is 12.8. The van der Waals surface area contributed by atoms with Crippen LogP contribution < -0.4 is 5.56 Å². The van der Waals surface area contributed by atoms with Gasteiger partial charge in [0.05, 0.1) is 42.5 Å². The third-order valence-corrected chi connectivity index (χ3v) is 5.07. The number of fused-ring (bicyclic) bond motifs is 3. The molecule has 0 aliphatic heterocycles. The van der Waals surface area contributed by atoms with Crippen molar-refractivity contribution in [1.82, 2.24) is 14.2 Å². The van der Waals surface area contributed by atoms with Crippen LogP contribution in [0.25, 0.3) is 16.6 Å². The number of hydrogen-bond acceptors (Lipinski definition) is 5. The van der Waals surface area contributed by atoms with Gasteiger partial charge in [-0.15, -0.1) is 11.3 Å². The van der Waals surface area contributed by atoms with Gasteiger partial charge in [-0.1, -0.05) is 18.2 Å². The number of ether oxygens (including phenoxy) is 1. The molecule has 0 fully saturated rings. The Hall–Kier alpha value is -2.48. The van der Waals surface area contributed by atoms with Gasteiger partial charge >= 0.3 is 0 Å². The molecule has 0 spiro atoms. The highest BCUT2D eigenvalue weighted by Gasteiger charge is 2.15. The topological polar surface area (TPSA) is 68.8 Å². The SMILES string of the molecule is Cc1cc2n(CC(O)COCc3cccs3)c(=O)c3ccccc3n2n1. The summed E-state index contributed by atoms with van der Waals surface area (Å²) < 4.78 is 8.91. The third-order valence-electron chi connectivity index (χ3n) is 4.23. The molecule has 134 valence electrons. The van der Waals surface area contributed by atoms with Gasteiger partial charge in [0.15, 0.2) is 0 Å². The lowest BCUT2D eigenvalue weighted by molar-refractivity contribution is 0.0213. The Bertz CT molecular complexity index is 1100. The zero-order chi connectivity index (χ0) is 18.1. The number of hydrogen-bond donors (Lipinski definition) is 1. The van der Waals surface area contributed by atoms with E-state index in [1.807, 2.05) is 48.7 Å². The minimum absolute atomic E-state index is 0.134. The molecule has 0 aliphatic carbocycles. The number of aliphatic hydroxyl groups excluding tert-OH is 1. The number of para-hydroxylation sites is 1. The standard InChI is InChI=1S/C19H19N3O3S/c1-13-9-18-21(10-14(23)11-25-12-15-5-4-8-26-15)19(24)16-6-2-3-7-17(16)22(18)20-13/h2-9,14,23H,10-12H2,1H3. The molecule has 0 saturated carbocycles. The molecular formula is C19H19N3O3S. The predicted molar refractivity (Wildman–Crippen MR) is 102 cm³/mol. The molecule has 4 rings (SSSR count). The quantitative estimate of drug-likeness (QED) is 0.567. The minimum Gasteiger partial charge on any atom is -0.389 e. The van der Waals surface area contributed by atoms with Gasteiger partial charge in [0, 0.05) is 10.9 Å². The van der Waals surface area contributed by atoms with E-state index in [-0.39, 0.29) is 18.7 Å². The van der Waals surface area contributed by atoms with Gasteiger partial charge in [-0.25, -0.2) is 4.52 Å². The van der Waals surface area contributed by atoms with Crippen LogP contribution in [0.5, 0.6) is 0 Å². The molecule has 0 aliphatic rings. The Morgan fingerprint density at radius 1 is 1.27 bits per heavy atom. The molecule has 4 aromatic rings. The van der Waals surface area contributed by atoms with Crippen molar-refractivity contribution in [3.63, 3.8) is 0 Å². The molecular weight excluding hydrogens is 350 g/mol. The molecule has 0 saturated heterocycles. The first kappa shape index (κ1) is 17.0. The highest BCUT2D eigenvalue weighted by atomic mass is 32.1. The fourth-order valence-corrected chi connectivity index (χ4v) is 3.71. The minimum atomic E-state index is -0.784. The van der Waals surface area contributed by atoms with Gasteiger partial charge in [0.1, 0.15) is 5.65 Å². The summed E-state index contributed by atoms with van der Waals surface area (Å²) in [5, 5.41) is 17.4. The molecule has 26 heavy (non-hydrogen) atoms. The van der Waals surface area contributed by atoms with Gasteiger partial charge in [0.25, 0.3) is 5.56 Å². The van der Waals surface area contributed by atoms with Crippen LogP contribution in [0, 0.1) is 6.92 Å². The van der Waals surface area contributed by atoms with E-state index in [2.05, 4.69) is 5.10 Å². The number of rotatable bonds is 6. The largest absolute Gasteiger partial charge is 0.389 e. The summed E-state index contributed by atoms with van der Waals surface area (Å²) in [6, 6.07) is 13.2. The zero-order valence-electron chi connectivity index (χ0n) is 14.3. The second-order valence-corrected chi connectivity index (χ2v) is 7.27. The van der Waals surface area contributed by atoms with Gasteiger partial charge in [-0.2, -0.15) is 5.10 Å². The Morgan fingerprint density at radius 3 is 2.92 bits per heavy atom. The Morgan fingerprint density at radius 2 is 2.12 bits per heavy atom. The van der Waals surface area contributed by atoms with Crippen LogP contribution >= 0.6 is 11.3 Å². The molecule has 0 amide bonds. The van der Waals surface area contributed by atoms with E-state index in [1.165, 1.54) is 0 Å². The number of aryl methyl sites for hydroxylation is 1. The summed E-state index contributed by atoms with van der Waals surface area (Å²) in [6.45, 7) is 2.67. The van der Waals surface area contributed by atoms with Crippen molar-refractivity contribution in [2.75, 3.05) is 6.61 Å². The summed E-state index contributed by atoms with van der Waals surface area (Å²) in [4.78, 5) is 14.0. The van der Waals surface area contributed by atoms with Crippen LogP contribution in [0.4, 0.5) is 0 Å². The molecule has 7 heteroatoms. The highest BCUT2D eigenvalue weighted by molar-refractivity contribution is 7.09. The summed E-state index contributed by atoms with van der Waals surface area (Å²) in [7, 11) is 0. The van der Waals surface area contributed by atoms with E-state index in [1.54, 1.807) is 26.5 Å². The Balaban J connectivity index is 1.62. The van der Waals surface area contributed by atoms with E-state index in [9.17, 15) is 9.90 Å². The van der Waals surface area contributed by atoms with Crippen molar-refractivity contribution < 1.29 is 9.84 Å². The average Bonchev–Trinajstić information content (AvgIpc) is 3.28. The second kappa shape index (κ2) is 7.03. The van der Waals surface area contributed by atoms with Crippen LogP contribution in [-0.4, -0.2) is 32.0 Å². The van der Waals surface area contributed by atoms with Crippen LogP contribution in [0.15, 0.2) is 52.6 Å². The maximum Gasteiger partial charge on any atom is 0.261 e. The Labute approximate surface area is 153 Å². The second-order valence-electron chi connectivity index (χ2n) is 6.24. The maximum absolute atomic E-state index is 12.9. The summed E-state index contributed by atoms with van der Waals surface area (Å²) in [5.74, 6) is 0. The van der Waals surface area contributed by atoms with E-state index < -0.39 is 6.10 Å². The molecule has 6 nitrogen and oxygen atoms in total. The zero-order valence-corrected chi connectivity index (χ0v) is 15.1. The van der Waals surface area contributed by atoms with Crippen LogP contribution in [0.3, 0.4) is 0 Å². The number of benzene rings is 1. The van der Waals surface area contributed by atoms with E-state index >= 15 is 0 Å². The van der Waals surface area contributed by atoms with Crippen LogP contribution in [0.2, 0.25) is 0 Å². The monoisotopic (exact) mass is 369 g/mol. The molecule has 1 unspecified atom stereocenters. The van der Waals surface area contributed by atoms with Crippen LogP contribution in [-0.2, 0) is 17.9 Å². The lowest BCUT2D eigenvalue weighted by atomic mass is 10.2. The summed E-state index contributed by atoms with van der Waals surface area (Å²) >= 11 is 1.61. The molecule has 3 aromatic heterocycles. The van der Waals surface area contributed by atoms with Crippen molar-refractivity contribution in [2.24, 2.45) is 0 Å². The van der Waals surface area contributed by atoms with Crippen molar-refractivity contribution in [3.05, 3.63) is 68.8 Å².